The Balaban J connectivity index is 2.29. The normalized spacial score (nSPS) is 13.8. The van der Waals surface area contributed by atoms with E-state index in [4.69, 9.17) is 5.11 Å². The highest BCUT2D eigenvalue weighted by atomic mass is 32.2. The van der Waals surface area contributed by atoms with Crippen LogP contribution in [0.15, 0.2) is 42.5 Å². The predicted octanol–water partition coefficient (Wildman–Crippen LogP) is 4.45. The van der Waals surface area contributed by atoms with E-state index in [1.807, 2.05) is 37.4 Å². The Morgan fingerprint density at radius 2 is 1.59 bits per heavy atom. The fraction of sp³-hybridized carbons (Fsp3) is 0.519. The van der Waals surface area contributed by atoms with Crippen molar-refractivity contribution < 1.29 is 28.2 Å². The Labute approximate surface area is 222 Å². The molecule has 0 saturated carbocycles. The summed E-state index contributed by atoms with van der Waals surface area (Å²) in [4.78, 5) is 21.9. The van der Waals surface area contributed by atoms with Crippen LogP contribution < -0.4 is 10.0 Å². The van der Waals surface area contributed by atoms with Gasteiger partial charge in [-0.1, -0.05) is 44.2 Å². The first-order valence-corrected chi connectivity index (χ1v) is 17.2. The number of aromatic hydroxyl groups is 1. The molecule has 0 saturated heterocycles. The van der Waals surface area contributed by atoms with Gasteiger partial charge < -0.3 is 20.3 Å². The van der Waals surface area contributed by atoms with E-state index in [-0.39, 0.29) is 34.4 Å². The summed E-state index contributed by atoms with van der Waals surface area (Å²) in [6.45, 7) is 12.7. The van der Waals surface area contributed by atoms with Crippen molar-refractivity contribution in [1.82, 2.24) is 5.32 Å². The highest BCUT2D eigenvalue weighted by molar-refractivity contribution is 7.92. The molecule has 0 spiro atoms. The Kier molecular flexibility index (Phi) is 9.62. The van der Waals surface area contributed by atoms with E-state index in [2.05, 4.69) is 37.7 Å². The van der Waals surface area contributed by atoms with Crippen molar-refractivity contribution in [2.24, 2.45) is 0 Å². The van der Waals surface area contributed by atoms with E-state index in [0.29, 0.717) is 19.4 Å². The number of aliphatic carboxylic acids is 1. The molecule has 0 amide bonds. The number of phenols is 1. The Morgan fingerprint density at radius 3 is 2.11 bits per heavy atom. The van der Waals surface area contributed by atoms with Crippen LogP contribution in [0.5, 0.6) is 5.75 Å². The van der Waals surface area contributed by atoms with E-state index in [9.17, 15) is 23.1 Å². The number of carboxylic acid groups (broad SMARTS) is 1. The quantitative estimate of drug-likeness (QED) is 0.184. The molecule has 206 valence electrons. The van der Waals surface area contributed by atoms with Crippen LogP contribution in [0.1, 0.15) is 56.7 Å². The lowest BCUT2D eigenvalue weighted by Crippen LogP contribution is -2.45. The highest BCUT2D eigenvalue weighted by Gasteiger charge is 2.40. The molecule has 37 heavy (non-hydrogen) atoms. The second kappa shape index (κ2) is 11.5. The van der Waals surface area contributed by atoms with Gasteiger partial charge in [0.15, 0.2) is 8.32 Å². The second-order valence-corrected chi connectivity index (χ2v) is 18.0. The summed E-state index contributed by atoms with van der Waals surface area (Å²) in [5.74, 6) is -1.07. The lowest BCUT2D eigenvalue weighted by molar-refractivity contribution is -0.136. The van der Waals surface area contributed by atoms with Crippen molar-refractivity contribution >= 4 is 30.0 Å². The summed E-state index contributed by atoms with van der Waals surface area (Å²) in [5, 5.41) is 22.5. The van der Waals surface area contributed by atoms with Crippen LogP contribution in [-0.2, 0) is 27.7 Å². The molecule has 5 N–H and O–H groups in total. The zero-order chi connectivity index (χ0) is 28.2. The maximum Gasteiger partial charge on any atom is 0.307 e. The van der Waals surface area contributed by atoms with Crippen molar-refractivity contribution in [2.45, 2.75) is 76.5 Å². The van der Waals surface area contributed by atoms with Crippen molar-refractivity contribution in [3.8, 4) is 5.75 Å². The lowest BCUT2D eigenvalue weighted by Gasteiger charge is -2.39. The fourth-order valence-electron chi connectivity index (χ4n) is 4.18. The molecule has 0 aliphatic heterocycles. The lowest BCUT2D eigenvalue weighted by atomic mass is 9.87. The van der Waals surface area contributed by atoms with Gasteiger partial charge in [0.05, 0.1) is 18.4 Å². The molecule has 0 fully saturated rings. The van der Waals surface area contributed by atoms with Gasteiger partial charge in [-0.05, 0) is 79.6 Å². The highest BCUT2D eigenvalue weighted by Crippen LogP contribution is 2.45. The first-order valence-electron chi connectivity index (χ1n) is 12.4. The number of hydrogen-bond donors (Lipinski definition) is 5. The van der Waals surface area contributed by atoms with Crippen LogP contribution in [0.2, 0.25) is 18.1 Å². The Hall–Kier alpha value is -2.40. The molecular weight excluding hydrogens is 508 g/mol. The first kappa shape index (κ1) is 30.8. The van der Waals surface area contributed by atoms with Gasteiger partial charge in [0, 0.05) is 12.1 Å². The molecule has 10 heteroatoms. The third-order valence-corrected chi connectivity index (χ3v) is 11.2. The van der Waals surface area contributed by atoms with Gasteiger partial charge >= 0.3 is 5.97 Å². The van der Waals surface area contributed by atoms with Crippen molar-refractivity contribution in [2.75, 3.05) is 17.5 Å². The van der Waals surface area contributed by atoms with E-state index in [0.717, 1.165) is 22.9 Å². The molecule has 2 aromatic carbocycles. The smallest absolute Gasteiger partial charge is 0.307 e. The number of sulfonamides is 1. The maximum absolute atomic E-state index is 11.8. The van der Waals surface area contributed by atoms with Gasteiger partial charge in [-0.3, -0.25) is 9.52 Å². The molecule has 2 rings (SSSR count). The monoisotopic (exact) mass is 550 g/mol. The SMILES string of the molecule is CC(C)(Cc1ccc(CC(=O)O)cc1)NC[C@H](CC(C)(C)[Si](C)(C)O)c1ccc(O)c(NS(C)(=O)=O)c1. The van der Waals surface area contributed by atoms with Gasteiger partial charge in [0.25, 0.3) is 0 Å². The molecule has 0 aliphatic rings. The van der Waals surface area contributed by atoms with E-state index < -0.39 is 24.3 Å². The summed E-state index contributed by atoms with van der Waals surface area (Å²) < 4.78 is 26.0. The summed E-state index contributed by atoms with van der Waals surface area (Å²) in [6, 6.07) is 12.5. The molecule has 0 aromatic heterocycles. The van der Waals surface area contributed by atoms with Gasteiger partial charge in [0.2, 0.25) is 10.0 Å². The average Bonchev–Trinajstić information content (AvgIpc) is 2.72. The van der Waals surface area contributed by atoms with E-state index in [1.165, 1.54) is 6.07 Å². The first-order chi connectivity index (χ1) is 16.8. The molecular formula is C27H42N2O6SSi. The molecule has 0 bridgehead atoms. The van der Waals surface area contributed by atoms with Gasteiger partial charge in [-0.2, -0.15) is 0 Å². The van der Waals surface area contributed by atoms with E-state index in [1.54, 1.807) is 12.1 Å². The summed E-state index contributed by atoms with van der Waals surface area (Å²) in [5.41, 5.74) is 2.52. The van der Waals surface area contributed by atoms with Crippen molar-refractivity contribution in [1.29, 1.82) is 0 Å². The van der Waals surface area contributed by atoms with Gasteiger partial charge in [-0.15, -0.1) is 0 Å². The van der Waals surface area contributed by atoms with Gasteiger partial charge in [-0.25, -0.2) is 8.42 Å². The largest absolute Gasteiger partial charge is 0.506 e. The molecule has 2 aromatic rings. The summed E-state index contributed by atoms with van der Waals surface area (Å²) in [6.07, 6.45) is 2.41. The minimum atomic E-state index is -3.57. The summed E-state index contributed by atoms with van der Waals surface area (Å²) in [7, 11) is -6.10. The number of anilines is 1. The van der Waals surface area contributed by atoms with Crippen LogP contribution in [-0.4, -0.2) is 56.1 Å². The minimum Gasteiger partial charge on any atom is -0.506 e. The molecule has 0 aliphatic carbocycles. The molecule has 0 radical (unpaired) electrons. The molecule has 0 unspecified atom stereocenters. The van der Waals surface area contributed by atoms with Crippen LogP contribution >= 0.6 is 0 Å². The van der Waals surface area contributed by atoms with Crippen LogP contribution in [0, 0.1) is 0 Å². The number of carboxylic acids is 1. The Bertz CT molecular complexity index is 1190. The molecule has 8 nitrogen and oxygen atoms in total. The number of nitrogens with one attached hydrogen (secondary N) is 2. The van der Waals surface area contributed by atoms with Crippen molar-refractivity contribution in [3.05, 3.63) is 59.2 Å². The van der Waals surface area contributed by atoms with Gasteiger partial charge in [0.1, 0.15) is 5.75 Å². The number of rotatable bonds is 13. The maximum atomic E-state index is 11.8. The number of phenolic OH excluding ortho intramolecular Hbond substituents is 1. The predicted molar refractivity (Wildman–Crippen MR) is 151 cm³/mol. The minimum absolute atomic E-state index is 0.00723. The van der Waals surface area contributed by atoms with Crippen LogP contribution in [0.3, 0.4) is 0 Å². The second-order valence-electron chi connectivity index (χ2n) is 11.8. The number of hydrogen-bond acceptors (Lipinski definition) is 6. The number of benzene rings is 2. The van der Waals surface area contributed by atoms with Crippen LogP contribution in [0.4, 0.5) is 5.69 Å². The molecule has 0 heterocycles. The topological polar surface area (TPSA) is 136 Å². The van der Waals surface area contributed by atoms with Crippen molar-refractivity contribution in [3.63, 3.8) is 0 Å². The zero-order valence-electron chi connectivity index (χ0n) is 22.9. The summed E-state index contributed by atoms with van der Waals surface area (Å²) >= 11 is 0. The zero-order valence-corrected chi connectivity index (χ0v) is 24.7. The fourth-order valence-corrected chi connectivity index (χ4v) is 5.49. The van der Waals surface area contributed by atoms with E-state index >= 15 is 0 Å². The molecule has 1 atom stereocenters. The number of carbonyl (C=O) groups is 1. The van der Waals surface area contributed by atoms with Crippen LogP contribution in [0.25, 0.3) is 0 Å². The third kappa shape index (κ3) is 9.77. The standard InChI is InChI=1S/C27H42N2O6SSi/c1-26(2,16-20-10-8-19(9-11-20)14-25(31)32)28-18-22(17-27(3,4)37(6,7)35)21-12-13-24(30)23(15-21)29-36(5,33)34/h8-13,15,22,28-30,35H,14,16-18H2,1-7H3,(H,31,32)/t22-/m0/s1. The Morgan fingerprint density at radius 1 is 1.03 bits per heavy atom. The average molecular weight is 551 g/mol. The third-order valence-electron chi connectivity index (χ3n) is 7.05.